The summed E-state index contributed by atoms with van der Waals surface area (Å²) >= 11 is 0. The highest BCUT2D eigenvalue weighted by Crippen LogP contribution is 2.36. The van der Waals surface area contributed by atoms with Crippen molar-refractivity contribution in [2.75, 3.05) is 26.3 Å². The van der Waals surface area contributed by atoms with E-state index in [2.05, 4.69) is 48.4 Å². The van der Waals surface area contributed by atoms with Gasteiger partial charge in [0.05, 0.1) is 6.54 Å². The molecule has 0 aromatic heterocycles. The van der Waals surface area contributed by atoms with E-state index in [1.165, 1.54) is 30.4 Å². The number of unbranched alkanes of at least 4 members (excludes halogenated alkanes) is 3. The molecule has 0 spiro atoms. The van der Waals surface area contributed by atoms with Crippen molar-refractivity contribution >= 4 is 29.9 Å². The molecule has 0 saturated carbocycles. The zero-order valence-corrected chi connectivity index (χ0v) is 18.1. The lowest BCUT2D eigenvalue weighted by Gasteiger charge is -2.37. The van der Waals surface area contributed by atoms with Crippen LogP contribution in [0.25, 0.3) is 0 Å². The summed E-state index contributed by atoms with van der Waals surface area (Å²) in [4.78, 5) is 4.68. The predicted molar refractivity (Wildman–Crippen MR) is 117 cm³/mol. The molecule has 0 amide bonds. The van der Waals surface area contributed by atoms with E-state index in [0.29, 0.717) is 5.96 Å². The molecule has 1 aliphatic heterocycles. The fraction of sp³-hybridized carbons (Fsp3) is 0.650. The summed E-state index contributed by atoms with van der Waals surface area (Å²) in [5.74, 6) is 0.575. The van der Waals surface area contributed by atoms with Crippen LogP contribution in [0, 0.1) is 6.92 Å². The molecule has 25 heavy (non-hydrogen) atoms. The lowest BCUT2D eigenvalue weighted by atomic mass is 9.72. The number of guanidine groups is 1. The second-order valence-corrected chi connectivity index (χ2v) is 6.90. The Morgan fingerprint density at radius 2 is 1.92 bits per heavy atom. The number of aryl methyl sites for hydroxylation is 1. The molecule has 4 nitrogen and oxygen atoms in total. The van der Waals surface area contributed by atoms with Crippen LogP contribution in [-0.2, 0) is 10.2 Å². The second-order valence-electron chi connectivity index (χ2n) is 6.90. The number of aliphatic imine (C=N–C) groups is 1. The minimum absolute atomic E-state index is 0. The van der Waals surface area contributed by atoms with Crippen molar-refractivity contribution in [3.63, 3.8) is 0 Å². The van der Waals surface area contributed by atoms with Crippen molar-refractivity contribution in [2.45, 2.75) is 57.8 Å². The summed E-state index contributed by atoms with van der Waals surface area (Å²) < 4.78 is 5.60. The van der Waals surface area contributed by atoms with Gasteiger partial charge in [-0.3, -0.25) is 4.99 Å². The highest BCUT2D eigenvalue weighted by Gasteiger charge is 2.35. The Kier molecular flexibility index (Phi) is 10.4. The average Bonchev–Trinajstić information content (AvgIpc) is 2.61. The van der Waals surface area contributed by atoms with Crippen molar-refractivity contribution in [1.29, 1.82) is 0 Å². The standard InChI is InChI=1S/C20H33N3O.HI/c1-3-4-5-8-13-22-19(21)23-16-20(11-14-24-15-12-20)18-10-7-6-9-17(18)2;/h6-7,9-10H,3-5,8,11-16H2,1-2H3,(H3,21,22,23);1H. The number of benzene rings is 1. The summed E-state index contributed by atoms with van der Waals surface area (Å²) in [6.45, 7) is 7.65. The van der Waals surface area contributed by atoms with E-state index in [9.17, 15) is 0 Å². The lowest BCUT2D eigenvalue weighted by molar-refractivity contribution is 0.0529. The summed E-state index contributed by atoms with van der Waals surface area (Å²) in [5.41, 5.74) is 8.87. The van der Waals surface area contributed by atoms with Crippen LogP contribution >= 0.6 is 24.0 Å². The number of rotatable bonds is 8. The van der Waals surface area contributed by atoms with E-state index >= 15 is 0 Å². The molecule has 1 heterocycles. The Bertz CT molecular complexity index is 527. The zero-order valence-electron chi connectivity index (χ0n) is 15.7. The van der Waals surface area contributed by atoms with Gasteiger partial charge in [0, 0.05) is 25.2 Å². The van der Waals surface area contributed by atoms with Gasteiger partial charge in [-0.05, 0) is 37.3 Å². The molecular weight excluding hydrogens is 425 g/mol. The van der Waals surface area contributed by atoms with Crippen LogP contribution in [0.1, 0.15) is 56.6 Å². The number of halogens is 1. The van der Waals surface area contributed by atoms with E-state index < -0.39 is 0 Å². The van der Waals surface area contributed by atoms with Crippen molar-refractivity contribution in [3.8, 4) is 0 Å². The second kappa shape index (κ2) is 11.7. The van der Waals surface area contributed by atoms with E-state index in [1.54, 1.807) is 0 Å². The van der Waals surface area contributed by atoms with Gasteiger partial charge in [0.15, 0.2) is 5.96 Å². The first-order valence-electron chi connectivity index (χ1n) is 9.35. The van der Waals surface area contributed by atoms with Crippen molar-refractivity contribution in [3.05, 3.63) is 35.4 Å². The van der Waals surface area contributed by atoms with Crippen molar-refractivity contribution in [1.82, 2.24) is 5.32 Å². The Labute approximate surface area is 170 Å². The van der Waals surface area contributed by atoms with Crippen LogP contribution in [0.5, 0.6) is 0 Å². The lowest BCUT2D eigenvalue weighted by Crippen LogP contribution is -2.40. The molecule has 3 N–H and O–H groups in total. The van der Waals surface area contributed by atoms with Crippen LogP contribution in [0.3, 0.4) is 0 Å². The predicted octanol–water partition coefficient (Wildman–Crippen LogP) is 4.15. The van der Waals surface area contributed by atoms with Crippen LogP contribution in [-0.4, -0.2) is 32.3 Å². The third kappa shape index (κ3) is 6.77. The molecule has 0 aliphatic carbocycles. The first kappa shape index (κ1) is 22.2. The van der Waals surface area contributed by atoms with E-state index in [1.807, 2.05) is 0 Å². The maximum atomic E-state index is 6.09. The monoisotopic (exact) mass is 459 g/mol. The average molecular weight is 459 g/mol. The van der Waals surface area contributed by atoms with Crippen molar-refractivity contribution in [2.24, 2.45) is 10.7 Å². The van der Waals surface area contributed by atoms with Crippen LogP contribution < -0.4 is 11.1 Å². The molecular formula is C20H34IN3O. The number of nitrogens with zero attached hydrogens (tertiary/aromatic N) is 1. The molecule has 0 atom stereocenters. The van der Waals surface area contributed by atoms with Gasteiger partial charge in [0.2, 0.25) is 0 Å². The topological polar surface area (TPSA) is 59.6 Å². The van der Waals surface area contributed by atoms with E-state index in [0.717, 1.165) is 45.6 Å². The molecule has 142 valence electrons. The molecule has 1 aliphatic rings. The fourth-order valence-electron chi connectivity index (χ4n) is 3.50. The maximum absolute atomic E-state index is 6.09. The fourth-order valence-corrected chi connectivity index (χ4v) is 3.50. The Hall–Kier alpha value is -0.820. The third-order valence-electron chi connectivity index (χ3n) is 5.05. The highest BCUT2D eigenvalue weighted by atomic mass is 127. The van der Waals surface area contributed by atoms with Gasteiger partial charge >= 0.3 is 0 Å². The van der Waals surface area contributed by atoms with Crippen LogP contribution in [0.2, 0.25) is 0 Å². The largest absolute Gasteiger partial charge is 0.381 e. The third-order valence-corrected chi connectivity index (χ3v) is 5.05. The molecule has 1 aromatic rings. The number of hydrogen-bond acceptors (Lipinski definition) is 2. The summed E-state index contributed by atoms with van der Waals surface area (Å²) in [5, 5.41) is 3.26. The Morgan fingerprint density at radius 1 is 1.20 bits per heavy atom. The zero-order chi connectivity index (χ0) is 17.3. The van der Waals surface area contributed by atoms with Gasteiger partial charge in [-0.2, -0.15) is 0 Å². The summed E-state index contributed by atoms with van der Waals surface area (Å²) in [6, 6.07) is 8.65. The van der Waals surface area contributed by atoms with Gasteiger partial charge in [0.1, 0.15) is 0 Å². The number of nitrogens with two attached hydrogens (primary N) is 1. The number of nitrogens with one attached hydrogen (secondary N) is 1. The molecule has 0 radical (unpaired) electrons. The van der Waals surface area contributed by atoms with Gasteiger partial charge in [-0.1, -0.05) is 50.5 Å². The molecule has 5 heteroatoms. The summed E-state index contributed by atoms with van der Waals surface area (Å²) in [7, 11) is 0. The quantitative estimate of drug-likeness (QED) is 0.266. The molecule has 0 unspecified atom stereocenters. The Balaban J connectivity index is 0.00000312. The number of hydrogen-bond donors (Lipinski definition) is 2. The molecule has 2 rings (SSSR count). The molecule has 1 aromatic carbocycles. The van der Waals surface area contributed by atoms with Crippen molar-refractivity contribution < 1.29 is 4.74 Å². The Morgan fingerprint density at radius 3 is 2.60 bits per heavy atom. The van der Waals surface area contributed by atoms with Gasteiger partial charge < -0.3 is 15.8 Å². The molecule has 0 bridgehead atoms. The smallest absolute Gasteiger partial charge is 0.188 e. The maximum Gasteiger partial charge on any atom is 0.188 e. The molecule has 1 saturated heterocycles. The highest BCUT2D eigenvalue weighted by molar-refractivity contribution is 14.0. The van der Waals surface area contributed by atoms with Crippen LogP contribution in [0.15, 0.2) is 29.3 Å². The minimum atomic E-state index is 0. The summed E-state index contributed by atoms with van der Waals surface area (Å²) in [6.07, 6.45) is 6.96. The first-order valence-corrected chi connectivity index (χ1v) is 9.35. The number of ether oxygens (including phenoxy) is 1. The first-order chi connectivity index (χ1) is 11.7. The van der Waals surface area contributed by atoms with Gasteiger partial charge in [0.25, 0.3) is 0 Å². The van der Waals surface area contributed by atoms with Gasteiger partial charge in [-0.15, -0.1) is 24.0 Å². The van der Waals surface area contributed by atoms with Gasteiger partial charge in [-0.25, -0.2) is 0 Å². The minimum Gasteiger partial charge on any atom is -0.381 e. The SMILES string of the molecule is CCCCCCNC(N)=NCC1(c2ccccc2C)CCOCC1.I. The molecule has 1 fully saturated rings. The van der Waals surface area contributed by atoms with E-state index in [-0.39, 0.29) is 29.4 Å². The van der Waals surface area contributed by atoms with E-state index in [4.69, 9.17) is 10.5 Å². The van der Waals surface area contributed by atoms with Crippen LogP contribution in [0.4, 0.5) is 0 Å². The normalized spacial score (nSPS) is 17.0.